The van der Waals surface area contributed by atoms with E-state index >= 15 is 0 Å². The summed E-state index contributed by atoms with van der Waals surface area (Å²) >= 11 is 0. The molecule has 5 rings (SSSR count). The Morgan fingerprint density at radius 1 is 0.794 bits per heavy atom. The molecule has 34 heavy (non-hydrogen) atoms. The number of carbonyl (C=O) groups excluding carboxylic acids is 1. The Morgan fingerprint density at radius 2 is 1.50 bits per heavy atom. The molecule has 3 aromatic carbocycles. The fourth-order valence-electron chi connectivity index (χ4n) is 4.71. The zero-order valence-electron chi connectivity index (χ0n) is 19.3. The second-order valence-electron chi connectivity index (χ2n) is 8.91. The Bertz CT molecular complexity index is 1110. The molecule has 0 radical (unpaired) electrons. The zero-order chi connectivity index (χ0) is 23.3. The van der Waals surface area contributed by atoms with E-state index < -0.39 is 0 Å². The maximum Gasteiger partial charge on any atom is 0.253 e. The fraction of sp³-hybridized carbons (Fsp3) is 0.321. The van der Waals surface area contributed by atoms with Crippen LogP contribution in [0.2, 0.25) is 0 Å². The molecule has 5 nitrogen and oxygen atoms in total. The molecule has 2 heterocycles. The highest BCUT2D eigenvalue weighted by atomic mass is 19.1. The topological polar surface area (TPSA) is 36.0 Å². The number of carbonyl (C=O) groups is 1. The molecular formula is C28H30FN3O2. The number of halogens is 1. The van der Waals surface area contributed by atoms with Gasteiger partial charge in [0.25, 0.3) is 5.91 Å². The predicted octanol–water partition coefficient (Wildman–Crippen LogP) is 4.97. The summed E-state index contributed by atoms with van der Waals surface area (Å²) in [6.07, 6.45) is 2.46. The lowest BCUT2D eigenvalue weighted by molar-refractivity contribution is 0.0746. The van der Waals surface area contributed by atoms with Gasteiger partial charge in [0.05, 0.1) is 5.69 Å². The highest BCUT2D eigenvalue weighted by Gasteiger charge is 2.25. The van der Waals surface area contributed by atoms with E-state index in [0.29, 0.717) is 25.3 Å². The van der Waals surface area contributed by atoms with Crippen molar-refractivity contribution < 1.29 is 13.9 Å². The molecule has 0 aromatic heterocycles. The van der Waals surface area contributed by atoms with Gasteiger partial charge in [0, 0.05) is 50.5 Å². The van der Waals surface area contributed by atoms with Crippen LogP contribution < -0.4 is 14.5 Å². The number of piperazine rings is 1. The third kappa shape index (κ3) is 5.01. The number of anilines is 2. The fourth-order valence-corrected chi connectivity index (χ4v) is 4.71. The van der Waals surface area contributed by atoms with E-state index in [9.17, 15) is 9.18 Å². The van der Waals surface area contributed by atoms with Crippen molar-refractivity contribution in [3.8, 4) is 5.75 Å². The van der Waals surface area contributed by atoms with Crippen molar-refractivity contribution in [2.75, 3.05) is 49.1 Å². The Morgan fingerprint density at radius 3 is 2.21 bits per heavy atom. The highest BCUT2D eigenvalue weighted by molar-refractivity contribution is 5.94. The Balaban J connectivity index is 1.32. The van der Waals surface area contributed by atoms with Gasteiger partial charge < -0.3 is 19.4 Å². The molecule has 0 saturated carbocycles. The summed E-state index contributed by atoms with van der Waals surface area (Å²) in [5.74, 6) is 0.485. The first-order chi connectivity index (χ1) is 16.7. The SMILES string of the molecule is O=C(c1ccc(F)cc1)N1CCN(c2cc(N3CCCC3)ccc2OCc2ccccc2)CC1. The van der Waals surface area contributed by atoms with Gasteiger partial charge in [0.15, 0.2) is 0 Å². The van der Waals surface area contributed by atoms with Crippen molar-refractivity contribution in [2.45, 2.75) is 19.4 Å². The minimum Gasteiger partial charge on any atom is -0.487 e. The monoisotopic (exact) mass is 459 g/mol. The van der Waals surface area contributed by atoms with Crippen molar-refractivity contribution in [1.29, 1.82) is 0 Å². The summed E-state index contributed by atoms with van der Waals surface area (Å²) in [4.78, 5) is 19.5. The minimum absolute atomic E-state index is 0.0500. The summed E-state index contributed by atoms with van der Waals surface area (Å²) in [7, 11) is 0. The summed E-state index contributed by atoms with van der Waals surface area (Å²) < 4.78 is 19.5. The summed E-state index contributed by atoms with van der Waals surface area (Å²) in [5.41, 5.74) is 3.96. The molecule has 0 spiro atoms. The number of hydrogen-bond donors (Lipinski definition) is 0. The standard InChI is InChI=1S/C28H30FN3O2/c29-24-10-8-23(9-11-24)28(33)32-18-16-31(17-19-32)26-20-25(30-14-4-5-15-30)12-13-27(26)34-21-22-6-2-1-3-7-22/h1-3,6-13,20H,4-5,14-19,21H2. The number of benzene rings is 3. The van der Waals surface area contributed by atoms with Gasteiger partial charge in [0.2, 0.25) is 0 Å². The quantitative estimate of drug-likeness (QED) is 0.522. The lowest BCUT2D eigenvalue weighted by Gasteiger charge is -2.37. The van der Waals surface area contributed by atoms with Gasteiger partial charge in [-0.25, -0.2) is 4.39 Å². The molecule has 1 amide bonds. The van der Waals surface area contributed by atoms with E-state index in [1.165, 1.54) is 30.7 Å². The van der Waals surface area contributed by atoms with Crippen LogP contribution in [0.1, 0.15) is 28.8 Å². The summed E-state index contributed by atoms with van der Waals surface area (Å²) in [5, 5.41) is 0. The lowest BCUT2D eigenvalue weighted by Crippen LogP contribution is -2.49. The average molecular weight is 460 g/mol. The number of rotatable bonds is 6. The van der Waals surface area contributed by atoms with E-state index in [2.05, 4.69) is 40.1 Å². The van der Waals surface area contributed by atoms with Crippen molar-refractivity contribution in [2.24, 2.45) is 0 Å². The van der Waals surface area contributed by atoms with Gasteiger partial charge in [-0.15, -0.1) is 0 Å². The molecule has 0 aliphatic carbocycles. The second-order valence-corrected chi connectivity index (χ2v) is 8.91. The molecule has 0 bridgehead atoms. The lowest BCUT2D eigenvalue weighted by atomic mass is 10.1. The Kier molecular flexibility index (Phi) is 6.65. The molecule has 0 atom stereocenters. The van der Waals surface area contributed by atoms with Crippen LogP contribution in [-0.4, -0.2) is 50.1 Å². The molecule has 176 valence electrons. The van der Waals surface area contributed by atoms with E-state index in [1.807, 2.05) is 23.1 Å². The first-order valence-electron chi connectivity index (χ1n) is 12.0. The highest BCUT2D eigenvalue weighted by Crippen LogP contribution is 2.35. The zero-order valence-corrected chi connectivity index (χ0v) is 19.3. The molecule has 2 saturated heterocycles. The van der Waals surface area contributed by atoms with Gasteiger partial charge in [-0.2, -0.15) is 0 Å². The third-order valence-electron chi connectivity index (χ3n) is 6.65. The van der Waals surface area contributed by atoms with Crippen molar-refractivity contribution in [3.05, 3.63) is 89.7 Å². The number of nitrogens with zero attached hydrogens (tertiary/aromatic N) is 3. The Hall–Kier alpha value is -3.54. The smallest absolute Gasteiger partial charge is 0.253 e. The maximum absolute atomic E-state index is 13.2. The van der Waals surface area contributed by atoms with Crippen LogP contribution in [0.5, 0.6) is 5.75 Å². The number of hydrogen-bond acceptors (Lipinski definition) is 4. The first kappa shape index (κ1) is 22.3. The molecule has 2 aliphatic rings. The molecular weight excluding hydrogens is 429 g/mol. The van der Waals surface area contributed by atoms with Crippen LogP contribution in [0.25, 0.3) is 0 Å². The molecule has 6 heteroatoms. The predicted molar refractivity (Wildman–Crippen MR) is 133 cm³/mol. The van der Waals surface area contributed by atoms with E-state index in [1.54, 1.807) is 12.1 Å². The van der Waals surface area contributed by atoms with Crippen molar-refractivity contribution >= 4 is 17.3 Å². The van der Waals surface area contributed by atoms with Crippen LogP contribution in [-0.2, 0) is 6.61 Å². The average Bonchev–Trinajstić information content (AvgIpc) is 3.43. The van der Waals surface area contributed by atoms with Gasteiger partial charge in [0.1, 0.15) is 18.2 Å². The maximum atomic E-state index is 13.2. The summed E-state index contributed by atoms with van der Waals surface area (Å²) in [6, 6.07) is 22.4. The third-order valence-corrected chi connectivity index (χ3v) is 6.65. The van der Waals surface area contributed by atoms with E-state index in [0.717, 1.165) is 43.2 Å². The van der Waals surface area contributed by atoms with Gasteiger partial charge in [-0.05, 0) is 60.9 Å². The van der Waals surface area contributed by atoms with Crippen molar-refractivity contribution in [3.63, 3.8) is 0 Å². The summed E-state index contributed by atoms with van der Waals surface area (Å²) in [6.45, 7) is 5.36. The molecule has 0 unspecified atom stereocenters. The number of amides is 1. The second kappa shape index (κ2) is 10.2. The van der Waals surface area contributed by atoms with Crippen LogP contribution in [0.15, 0.2) is 72.8 Å². The van der Waals surface area contributed by atoms with E-state index in [4.69, 9.17) is 4.74 Å². The van der Waals surface area contributed by atoms with Gasteiger partial charge >= 0.3 is 0 Å². The van der Waals surface area contributed by atoms with Crippen LogP contribution in [0.4, 0.5) is 15.8 Å². The minimum atomic E-state index is -0.331. The Labute approximate surface area is 200 Å². The van der Waals surface area contributed by atoms with Crippen LogP contribution in [0.3, 0.4) is 0 Å². The van der Waals surface area contributed by atoms with Gasteiger partial charge in [-0.3, -0.25) is 4.79 Å². The van der Waals surface area contributed by atoms with Crippen LogP contribution in [0, 0.1) is 5.82 Å². The van der Waals surface area contributed by atoms with Crippen molar-refractivity contribution in [1.82, 2.24) is 4.90 Å². The molecule has 2 fully saturated rings. The molecule has 0 N–H and O–H groups in total. The van der Waals surface area contributed by atoms with E-state index in [-0.39, 0.29) is 11.7 Å². The normalized spacial score (nSPS) is 16.1. The largest absolute Gasteiger partial charge is 0.487 e. The molecule has 3 aromatic rings. The first-order valence-corrected chi connectivity index (χ1v) is 12.0. The van der Waals surface area contributed by atoms with Crippen LogP contribution >= 0.6 is 0 Å². The number of ether oxygens (including phenoxy) is 1. The molecule has 2 aliphatic heterocycles. The van der Waals surface area contributed by atoms with Gasteiger partial charge in [-0.1, -0.05) is 30.3 Å².